The molecule has 1 aliphatic rings. The molecule has 0 radical (unpaired) electrons. The van der Waals surface area contributed by atoms with Gasteiger partial charge in [0.15, 0.2) is 5.75 Å². The first-order valence-corrected chi connectivity index (χ1v) is 7.39. The lowest BCUT2D eigenvalue weighted by atomic mass is 9.77. The molecule has 2 rings (SSSR count). The number of nitro groups is 1. The van der Waals surface area contributed by atoms with E-state index in [0.717, 1.165) is 24.8 Å². The van der Waals surface area contributed by atoms with E-state index >= 15 is 0 Å². The zero-order chi connectivity index (χ0) is 15.4. The fraction of sp³-hybridized carbons (Fsp3) is 0.562. The van der Waals surface area contributed by atoms with Crippen LogP contribution in [-0.2, 0) is 11.2 Å². The second-order valence-electron chi connectivity index (χ2n) is 5.68. The van der Waals surface area contributed by atoms with Crippen LogP contribution in [0.5, 0.6) is 5.75 Å². The highest BCUT2D eigenvalue weighted by molar-refractivity contribution is 5.82. The molecule has 21 heavy (non-hydrogen) atoms. The van der Waals surface area contributed by atoms with Crippen molar-refractivity contribution >= 4 is 11.5 Å². The predicted octanol–water partition coefficient (Wildman–Crippen LogP) is 3.54. The molecule has 0 N–H and O–H groups in total. The van der Waals surface area contributed by atoms with Gasteiger partial charge < -0.3 is 4.74 Å². The molecule has 1 saturated carbocycles. The highest BCUT2D eigenvalue weighted by atomic mass is 16.6. The average molecular weight is 291 g/mol. The molecule has 0 spiro atoms. The molecular formula is C16H21NO4. The molecule has 2 atom stereocenters. The van der Waals surface area contributed by atoms with Gasteiger partial charge in [0.2, 0.25) is 0 Å². The lowest BCUT2D eigenvalue weighted by Gasteiger charge is -2.27. The Kier molecular flexibility index (Phi) is 4.94. The fourth-order valence-corrected chi connectivity index (χ4v) is 3.06. The largest absolute Gasteiger partial charge is 0.490 e. The first-order chi connectivity index (χ1) is 10.0. The van der Waals surface area contributed by atoms with Crippen LogP contribution in [0.3, 0.4) is 0 Å². The maximum Gasteiger partial charge on any atom is 0.311 e. The van der Waals surface area contributed by atoms with Crippen LogP contribution in [0.15, 0.2) is 18.2 Å². The number of carbonyl (C=O) groups is 1. The summed E-state index contributed by atoms with van der Waals surface area (Å²) in [5.41, 5.74) is 0.794. The summed E-state index contributed by atoms with van der Waals surface area (Å²) in [6.07, 6.45) is 4.19. The molecular weight excluding hydrogens is 270 g/mol. The van der Waals surface area contributed by atoms with E-state index in [-0.39, 0.29) is 23.1 Å². The van der Waals surface area contributed by atoms with Crippen LogP contribution in [0.25, 0.3) is 0 Å². The molecule has 5 heteroatoms. The van der Waals surface area contributed by atoms with Crippen molar-refractivity contribution in [3.8, 4) is 5.75 Å². The topological polar surface area (TPSA) is 69.4 Å². The molecule has 1 fully saturated rings. The maximum atomic E-state index is 12.0. The smallest absolute Gasteiger partial charge is 0.311 e. The van der Waals surface area contributed by atoms with Crippen LogP contribution in [0.2, 0.25) is 0 Å². The molecule has 0 bridgehead atoms. The van der Waals surface area contributed by atoms with E-state index in [9.17, 15) is 14.9 Å². The molecule has 1 aliphatic carbocycles. The summed E-state index contributed by atoms with van der Waals surface area (Å²) in [5.74, 6) is 1.14. The van der Waals surface area contributed by atoms with Crippen molar-refractivity contribution in [1.82, 2.24) is 0 Å². The van der Waals surface area contributed by atoms with E-state index in [1.54, 1.807) is 6.07 Å². The first-order valence-electron chi connectivity index (χ1n) is 7.39. The summed E-state index contributed by atoms with van der Waals surface area (Å²) in [6.45, 7) is 2.15. The first kappa shape index (κ1) is 15.5. The maximum absolute atomic E-state index is 12.0. The standard InChI is InChI=1S/C16H21NO4/c1-3-11-4-6-15(18)13(8-11)9-12-5-7-16(21-2)14(10-12)17(19)20/h5,7,10-11,13H,3-4,6,8-9H2,1-2H3. The second kappa shape index (κ2) is 6.70. The fourth-order valence-electron chi connectivity index (χ4n) is 3.06. The van der Waals surface area contributed by atoms with E-state index in [1.807, 2.05) is 6.07 Å². The van der Waals surface area contributed by atoms with E-state index < -0.39 is 4.92 Å². The molecule has 0 heterocycles. The Labute approximate surface area is 124 Å². The van der Waals surface area contributed by atoms with E-state index in [1.165, 1.54) is 13.2 Å². The Bertz CT molecular complexity index is 541. The van der Waals surface area contributed by atoms with Crippen molar-refractivity contribution in [3.05, 3.63) is 33.9 Å². The SMILES string of the molecule is CCC1CCC(=O)C(Cc2ccc(OC)c([N+](=O)[O-])c2)C1. The van der Waals surface area contributed by atoms with Crippen molar-refractivity contribution in [2.45, 2.75) is 39.0 Å². The summed E-state index contributed by atoms with van der Waals surface area (Å²) in [7, 11) is 1.42. The van der Waals surface area contributed by atoms with Crippen LogP contribution >= 0.6 is 0 Å². The molecule has 114 valence electrons. The van der Waals surface area contributed by atoms with Crippen LogP contribution < -0.4 is 4.74 Å². The third-order valence-electron chi connectivity index (χ3n) is 4.37. The number of Topliss-reactive ketones (excluding diaryl/α,β-unsaturated/α-hetero) is 1. The minimum atomic E-state index is -0.445. The number of hydrogen-bond acceptors (Lipinski definition) is 4. The van der Waals surface area contributed by atoms with Gasteiger partial charge >= 0.3 is 5.69 Å². The predicted molar refractivity (Wildman–Crippen MR) is 79.5 cm³/mol. The number of nitro benzene ring substituents is 1. The summed E-state index contributed by atoms with van der Waals surface area (Å²) >= 11 is 0. The van der Waals surface area contributed by atoms with Gasteiger partial charge in [-0.15, -0.1) is 0 Å². The number of ketones is 1. The minimum absolute atomic E-state index is 0.00306. The normalized spacial score (nSPS) is 22.1. The van der Waals surface area contributed by atoms with Crippen LogP contribution in [-0.4, -0.2) is 17.8 Å². The number of nitrogens with zero attached hydrogens (tertiary/aromatic N) is 1. The molecule has 1 aromatic rings. The Hall–Kier alpha value is -1.91. The molecule has 0 amide bonds. The van der Waals surface area contributed by atoms with Gasteiger partial charge in [-0.3, -0.25) is 14.9 Å². The average Bonchev–Trinajstić information content (AvgIpc) is 2.49. The molecule has 1 aromatic carbocycles. The summed E-state index contributed by atoms with van der Waals surface area (Å²) in [5, 5.41) is 11.0. The van der Waals surface area contributed by atoms with Gasteiger partial charge in [-0.25, -0.2) is 0 Å². The third-order valence-corrected chi connectivity index (χ3v) is 4.37. The summed E-state index contributed by atoms with van der Waals surface area (Å²) in [6, 6.07) is 4.95. The van der Waals surface area contributed by atoms with Crippen molar-refractivity contribution < 1.29 is 14.5 Å². The van der Waals surface area contributed by atoms with Crippen LogP contribution in [0.1, 0.15) is 38.2 Å². The number of hydrogen-bond donors (Lipinski definition) is 0. The van der Waals surface area contributed by atoms with Gasteiger partial charge in [-0.1, -0.05) is 19.4 Å². The number of carbonyl (C=O) groups excluding carboxylic acids is 1. The van der Waals surface area contributed by atoms with Crippen molar-refractivity contribution in [2.75, 3.05) is 7.11 Å². The van der Waals surface area contributed by atoms with Gasteiger partial charge in [0.25, 0.3) is 0 Å². The minimum Gasteiger partial charge on any atom is -0.490 e. The van der Waals surface area contributed by atoms with E-state index in [0.29, 0.717) is 18.8 Å². The molecule has 0 saturated heterocycles. The lowest BCUT2D eigenvalue weighted by molar-refractivity contribution is -0.385. The van der Waals surface area contributed by atoms with Crippen molar-refractivity contribution in [1.29, 1.82) is 0 Å². The number of ether oxygens (including phenoxy) is 1. The van der Waals surface area contributed by atoms with E-state index in [4.69, 9.17) is 4.74 Å². The number of rotatable bonds is 5. The lowest BCUT2D eigenvalue weighted by Crippen LogP contribution is -2.26. The van der Waals surface area contributed by atoms with Crippen molar-refractivity contribution in [3.63, 3.8) is 0 Å². The molecule has 5 nitrogen and oxygen atoms in total. The molecule has 0 aliphatic heterocycles. The van der Waals surface area contributed by atoms with Gasteiger partial charge in [-0.05, 0) is 36.8 Å². The Morgan fingerprint density at radius 3 is 2.81 bits per heavy atom. The monoisotopic (exact) mass is 291 g/mol. The Morgan fingerprint density at radius 1 is 1.43 bits per heavy atom. The highest BCUT2D eigenvalue weighted by Gasteiger charge is 2.28. The number of methoxy groups -OCH3 is 1. The van der Waals surface area contributed by atoms with Gasteiger partial charge in [0.1, 0.15) is 5.78 Å². The molecule has 2 unspecified atom stereocenters. The second-order valence-corrected chi connectivity index (χ2v) is 5.68. The van der Waals surface area contributed by atoms with Crippen LogP contribution in [0, 0.1) is 22.0 Å². The Morgan fingerprint density at radius 2 is 2.19 bits per heavy atom. The quantitative estimate of drug-likeness (QED) is 0.614. The van der Waals surface area contributed by atoms with Gasteiger partial charge in [0.05, 0.1) is 12.0 Å². The highest BCUT2D eigenvalue weighted by Crippen LogP contribution is 2.33. The third kappa shape index (κ3) is 3.60. The van der Waals surface area contributed by atoms with E-state index in [2.05, 4.69) is 6.92 Å². The van der Waals surface area contributed by atoms with Crippen LogP contribution in [0.4, 0.5) is 5.69 Å². The van der Waals surface area contributed by atoms with Crippen molar-refractivity contribution in [2.24, 2.45) is 11.8 Å². The summed E-state index contributed by atoms with van der Waals surface area (Å²) < 4.78 is 5.00. The zero-order valence-corrected chi connectivity index (χ0v) is 12.5. The number of benzene rings is 1. The Balaban J connectivity index is 2.17. The molecule has 0 aromatic heterocycles. The van der Waals surface area contributed by atoms with Gasteiger partial charge in [0, 0.05) is 18.4 Å². The van der Waals surface area contributed by atoms with Gasteiger partial charge in [-0.2, -0.15) is 0 Å². The zero-order valence-electron chi connectivity index (χ0n) is 12.5. The summed E-state index contributed by atoms with van der Waals surface area (Å²) in [4.78, 5) is 22.6.